The predicted octanol–water partition coefficient (Wildman–Crippen LogP) is 0.847. The molecule has 0 saturated heterocycles. The lowest BCUT2D eigenvalue weighted by Gasteiger charge is -2.06. The van der Waals surface area contributed by atoms with Gasteiger partial charge in [-0.05, 0) is 5.56 Å². The van der Waals surface area contributed by atoms with Gasteiger partial charge in [0.05, 0.1) is 0 Å². The molecule has 0 aliphatic heterocycles. The smallest absolute Gasteiger partial charge is 0.315 e. The van der Waals surface area contributed by atoms with Gasteiger partial charge in [0.15, 0.2) is 0 Å². The minimum absolute atomic E-state index is 0.182. The van der Waals surface area contributed by atoms with Crippen molar-refractivity contribution >= 4 is 6.03 Å². The Morgan fingerprint density at radius 1 is 1.22 bits per heavy atom. The molecule has 0 unspecified atom stereocenters. The Labute approximate surface area is 105 Å². The fourth-order valence-electron chi connectivity index (χ4n) is 1.49. The number of aromatic amines is 1. The Kier molecular flexibility index (Phi) is 4.29. The van der Waals surface area contributed by atoms with Crippen LogP contribution in [-0.4, -0.2) is 27.8 Å². The van der Waals surface area contributed by atoms with Crippen LogP contribution in [0.15, 0.2) is 36.7 Å². The average Bonchev–Trinajstić information content (AvgIpc) is 2.91. The molecule has 1 aromatic carbocycles. The van der Waals surface area contributed by atoms with Gasteiger partial charge in [0.2, 0.25) is 0 Å². The van der Waals surface area contributed by atoms with Crippen LogP contribution >= 0.6 is 0 Å². The maximum absolute atomic E-state index is 11.5. The molecule has 94 valence electrons. The van der Waals surface area contributed by atoms with Gasteiger partial charge in [-0.15, -0.1) is 0 Å². The molecule has 1 heterocycles. The average molecular weight is 245 g/mol. The highest BCUT2D eigenvalue weighted by molar-refractivity contribution is 5.73. The third-order valence-electron chi connectivity index (χ3n) is 2.41. The van der Waals surface area contributed by atoms with Crippen LogP contribution in [0.25, 0.3) is 0 Å². The number of nitrogens with one attached hydrogen (secondary N) is 3. The van der Waals surface area contributed by atoms with E-state index < -0.39 is 0 Å². The minimum atomic E-state index is -0.182. The summed E-state index contributed by atoms with van der Waals surface area (Å²) in [6.07, 6.45) is 2.09. The molecule has 0 bridgehead atoms. The van der Waals surface area contributed by atoms with Crippen molar-refractivity contribution in [1.82, 2.24) is 25.8 Å². The molecule has 6 nitrogen and oxygen atoms in total. The second-order valence-electron chi connectivity index (χ2n) is 3.78. The summed E-state index contributed by atoms with van der Waals surface area (Å²) in [7, 11) is 0. The summed E-state index contributed by atoms with van der Waals surface area (Å²) in [5.74, 6) is 0.762. The van der Waals surface area contributed by atoms with Crippen molar-refractivity contribution in [3.05, 3.63) is 48.0 Å². The number of nitrogens with zero attached hydrogens (tertiary/aromatic N) is 2. The van der Waals surface area contributed by atoms with Gasteiger partial charge in [0.25, 0.3) is 0 Å². The summed E-state index contributed by atoms with van der Waals surface area (Å²) >= 11 is 0. The lowest BCUT2D eigenvalue weighted by molar-refractivity contribution is 0.240. The first-order chi connectivity index (χ1) is 8.84. The van der Waals surface area contributed by atoms with Crippen molar-refractivity contribution in [2.75, 3.05) is 6.54 Å². The lowest BCUT2D eigenvalue weighted by Crippen LogP contribution is -2.36. The van der Waals surface area contributed by atoms with E-state index in [1.165, 1.54) is 6.33 Å². The number of hydrogen-bond donors (Lipinski definition) is 3. The first-order valence-electron chi connectivity index (χ1n) is 5.74. The number of benzene rings is 1. The van der Waals surface area contributed by atoms with E-state index in [1.54, 1.807) is 0 Å². The van der Waals surface area contributed by atoms with Crippen LogP contribution in [0.1, 0.15) is 11.4 Å². The van der Waals surface area contributed by atoms with Gasteiger partial charge < -0.3 is 10.6 Å². The van der Waals surface area contributed by atoms with Crippen molar-refractivity contribution in [2.24, 2.45) is 0 Å². The van der Waals surface area contributed by atoms with E-state index in [9.17, 15) is 4.79 Å². The molecule has 0 aliphatic carbocycles. The highest BCUT2D eigenvalue weighted by Gasteiger charge is 2.00. The molecule has 0 aliphatic rings. The van der Waals surface area contributed by atoms with Gasteiger partial charge in [-0.25, -0.2) is 9.78 Å². The number of urea groups is 1. The molecule has 1 aromatic heterocycles. The fourth-order valence-corrected chi connectivity index (χ4v) is 1.49. The van der Waals surface area contributed by atoms with Gasteiger partial charge in [-0.3, -0.25) is 5.10 Å². The Morgan fingerprint density at radius 3 is 2.78 bits per heavy atom. The van der Waals surface area contributed by atoms with Crippen LogP contribution in [0.4, 0.5) is 4.79 Å². The summed E-state index contributed by atoms with van der Waals surface area (Å²) in [5, 5.41) is 12.0. The molecule has 2 amide bonds. The standard InChI is InChI=1S/C12H15N5O/c18-12(13-7-6-11-15-9-16-17-11)14-8-10-4-2-1-3-5-10/h1-5,9H,6-8H2,(H2,13,14,18)(H,15,16,17). The van der Waals surface area contributed by atoms with Crippen LogP contribution in [-0.2, 0) is 13.0 Å². The second-order valence-corrected chi connectivity index (χ2v) is 3.78. The lowest BCUT2D eigenvalue weighted by atomic mass is 10.2. The third kappa shape index (κ3) is 3.89. The Bertz CT molecular complexity index is 468. The topological polar surface area (TPSA) is 82.7 Å². The zero-order chi connectivity index (χ0) is 12.6. The van der Waals surface area contributed by atoms with Crippen LogP contribution in [0.2, 0.25) is 0 Å². The van der Waals surface area contributed by atoms with Crippen molar-refractivity contribution in [1.29, 1.82) is 0 Å². The predicted molar refractivity (Wildman–Crippen MR) is 66.8 cm³/mol. The van der Waals surface area contributed by atoms with Crippen molar-refractivity contribution in [3.8, 4) is 0 Å². The van der Waals surface area contributed by atoms with Gasteiger partial charge in [0.1, 0.15) is 12.2 Å². The van der Waals surface area contributed by atoms with Gasteiger partial charge in [0, 0.05) is 19.5 Å². The molecular formula is C12H15N5O. The van der Waals surface area contributed by atoms with Gasteiger partial charge in [-0.2, -0.15) is 5.10 Å². The fraction of sp³-hybridized carbons (Fsp3) is 0.250. The largest absolute Gasteiger partial charge is 0.338 e. The zero-order valence-electron chi connectivity index (χ0n) is 9.89. The quantitative estimate of drug-likeness (QED) is 0.730. The van der Waals surface area contributed by atoms with E-state index in [4.69, 9.17) is 0 Å². The molecule has 0 fully saturated rings. The molecule has 3 N–H and O–H groups in total. The second kappa shape index (κ2) is 6.39. The first kappa shape index (κ1) is 12.1. The van der Waals surface area contributed by atoms with E-state index in [-0.39, 0.29) is 6.03 Å². The zero-order valence-corrected chi connectivity index (χ0v) is 9.89. The van der Waals surface area contributed by atoms with Crippen LogP contribution in [0.5, 0.6) is 0 Å². The summed E-state index contributed by atoms with van der Waals surface area (Å²) in [4.78, 5) is 15.4. The van der Waals surface area contributed by atoms with Crippen LogP contribution in [0.3, 0.4) is 0 Å². The summed E-state index contributed by atoms with van der Waals surface area (Å²) in [6, 6.07) is 9.58. The monoisotopic (exact) mass is 245 g/mol. The van der Waals surface area contributed by atoms with Crippen LogP contribution in [0, 0.1) is 0 Å². The maximum atomic E-state index is 11.5. The van der Waals surface area contributed by atoms with E-state index >= 15 is 0 Å². The van der Waals surface area contributed by atoms with E-state index in [2.05, 4.69) is 25.8 Å². The van der Waals surface area contributed by atoms with Crippen molar-refractivity contribution in [2.45, 2.75) is 13.0 Å². The Hall–Kier alpha value is -2.37. The SMILES string of the molecule is O=C(NCCc1ncn[nH]1)NCc1ccccc1. The van der Waals surface area contributed by atoms with E-state index in [0.29, 0.717) is 19.5 Å². The van der Waals surface area contributed by atoms with E-state index in [1.807, 2.05) is 30.3 Å². The molecule has 18 heavy (non-hydrogen) atoms. The van der Waals surface area contributed by atoms with E-state index in [0.717, 1.165) is 11.4 Å². The molecule has 0 spiro atoms. The Balaban J connectivity index is 1.63. The highest BCUT2D eigenvalue weighted by atomic mass is 16.2. The minimum Gasteiger partial charge on any atom is -0.338 e. The summed E-state index contributed by atoms with van der Waals surface area (Å²) in [6.45, 7) is 1.05. The molecule has 0 saturated carbocycles. The number of carbonyl (C=O) groups excluding carboxylic acids is 1. The molecular weight excluding hydrogens is 230 g/mol. The van der Waals surface area contributed by atoms with Crippen molar-refractivity contribution < 1.29 is 4.79 Å². The summed E-state index contributed by atoms with van der Waals surface area (Å²) in [5.41, 5.74) is 1.07. The molecule has 2 aromatic rings. The summed E-state index contributed by atoms with van der Waals surface area (Å²) < 4.78 is 0. The number of amides is 2. The normalized spacial score (nSPS) is 10.0. The first-order valence-corrected chi connectivity index (χ1v) is 5.74. The number of aromatic nitrogens is 3. The molecule has 0 atom stereocenters. The van der Waals surface area contributed by atoms with Gasteiger partial charge >= 0.3 is 6.03 Å². The van der Waals surface area contributed by atoms with Crippen LogP contribution < -0.4 is 10.6 Å². The number of rotatable bonds is 5. The molecule has 0 radical (unpaired) electrons. The Morgan fingerprint density at radius 2 is 2.06 bits per heavy atom. The molecule has 6 heteroatoms. The number of hydrogen-bond acceptors (Lipinski definition) is 3. The number of H-pyrrole nitrogens is 1. The van der Waals surface area contributed by atoms with Gasteiger partial charge in [-0.1, -0.05) is 30.3 Å². The molecule has 2 rings (SSSR count). The third-order valence-corrected chi connectivity index (χ3v) is 2.41. The maximum Gasteiger partial charge on any atom is 0.315 e. The highest BCUT2D eigenvalue weighted by Crippen LogP contribution is 1.96. The number of carbonyl (C=O) groups is 1. The van der Waals surface area contributed by atoms with Crippen molar-refractivity contribution in [3.63, 3.8) is 0 Å².